The Morgan fingerprint density at radius 2 is 2.09 bits per heavy atom. The van der Waals surface area contributed by atoms with Crippen LogP contribution in [-0.4, -0.2) is 14.8 Å². The molecule has 0 radical (unpaired) electrons. The standard InChI is InChI=1S/C17H18N4OS/c1-9-10(2)13-14-15(23-17(13)19-11(9)3)16(20-21(14)4)18-8-12-6-5-7-22-12/h5-7H,8H2,1-4H3,(H,18,20). The van der Waals surface area contributed by atoms with E-state index in [1.165, 1.54) is 16.5 Å². The average Bonchev–Trinajstić information content (AvgIpc) is 3.21. The number of thiophene rings is 1. The molecular formula is C17H18N4OS. The predicted octanol–water partition coefficient (Wildman–Crippen LogP) is 4.31. The Kier molecular flexibility index (Phi) is 3.16. The van der Waals surface area contributed by atoms with Crippen LogP contribution in [0.1, 0.15) is 22.6 Å². The van der Waals surface area contributed by atoms with Gasteiger partial charge in [0.05, 0.1) is 23.0 Å². The van der Waals surface area contributed by atoms with Crippen LogP contribution in [0.2, 0.25) is 0 Å². The third-order valence-corrected chi connectivity index (χ3v) is 5.49. The SMILES string of the molecule is Cc1nc2sc3c(NCc4ccco4)nn(C)c3c2c(C)c1C. The van der Waals surface area contributed by atoms with Gasteiger partial charge < -0.3 is 9.73 Å². The van der Waals surface area contributed by atoms with Gasteiger partial charge in [0.2, 0.25) is 0 Å². The lowest BCUT2D eigenvalue weighted by molar-refractivity contribution is 0.517. The van der Waals surface area contributed by atoms with Crippen molar-refractivity contribution in [3.8, 4) is 0 Å². The van der Waals surface area contributed by atoms with Gasteiger partial charge >= 0.3 is 0 Å². The maximum atomic E-state index is 5.38. The van der Waals surface area contributed by atoms with Crippen molar-refractivity contribution in [2.45, 2.75) is 27.3 Å². The first-order valence-electron chi connectivity index (χ1n) is 7.55. The van der Waals surface area contributed by atoms with Crippen molar-refractivity contribution in [1.29, 1.82) is 0 Å². The zero-order chi connectivity index (χ0) is 16.1. The van der Waals surface area contributed by atoms with Gasteiger partial charge in [0.25, 0.3) is 0 Å². The normalized spacial score (nSPS) is 11.7. The molecule has 0 saturated heterocycles. The summed E-state index contributed by atoms with van der Waals surface area (Å²) in [5.74, 6) is 1.78. The molecule has 0 saturated carbocycles. The van der Waals surface area contributed by atoms with E-state index in [2.05, 4.69) is 31.2 Å². The third-order valence-electron chi connectivity index (χ3n) is 4.41. The number of fused-ring (bicyclic) bond motifs is 3. The summed E-state index contributed by atoms with van der Waals surface area (Å²) in [4.78, 5) is 5.85. The van der Waals surface area contributed by atoms with Crippen LogP contribution in [0.5, 0.6) is 0 Å². The first-order chi connectivity index (χ1) is 11.1. The minimum atomic E-state index is 0.623. The van der Waals surface area contributed by atoms with Gasteiger partial charge in [-0.2, -0.15) is 5.10 Å². The van der Waals surface area contributed by atoms with Crippen molar-refractivity contribution >= 4 is 37.6 Å². The fourth-order valence-corrected chi connectivity index (χ4v) is 4.21. The summed E-state index contributed by atoms with van der Waals surface area (Å²) in [6, 6.07) is 3.85. The zero-order valence-electron chi connectivity index (χ0n) is 13.6. The molecular weight excluding hydrogens is 308 g/mol. The number of aryl methyl sites for hydroxylation is 3. The second kappa shape index (κ2) is 5.09. The number of hydrogen-bond donors (Lipinski definition) is 1. The Labute approximate surface area is 137 Å². The molecule has 6 heteroatoms. The summed E-state index contributed by atoms with van der Waals surface area (Å²) in [7, 11) is 1.99. The highest BCUT2D eigenvalue weighted by Gasteiger charge is 2.19. The minimum Gasteiger partial charge on any atom is -0.467 e. The molecule has 4 aromatic heterocycles. The van der Waals surface area contributed by atoms with E-state index in [1.807, 2.05) is 23.9 Å². The highest BCUT2D eigenvalue weighted by Crippen LogP contribution is 2.39. The van der Waals surface area contributed by atoms with E-state index in [0.717, 1.165) is 32.3 Å². The van der Waals surface area contributed by atoms with Gasteiger partial charge in [0.15, 0.2) is 5.82 Å². The number of anilines is 1. The number of hydrogen-bond acceptors (Lipinski definition) is 5. The molecule has 0 aliphatic heterocycles. The lowest BCUT2D eigenvalue weighted by Gasteiger charge is -2.05. The molecule has 1 N–H and O–H groups in total. The van der Waals surface area contributed by atoms with Crippen LogP contribution in [0.3, 0.4) is 0 Å². The molecule has 4 aromatic rings. The number of aromatic nitrogens is 3. The van der Waals surface area contributed by atoms with Crippen LogP contribution >= 0.6 is 11.3 Å². The molecule has 0 fully saturated rings. The molecule has 5 nitrogen and oxygen atoms in total. The Hall–Kier alpha value is -2.34. The molecule has 0 atom stereocenters. The van der Waals surface area contributed by atoms with Gasteiger partial charge in [0.1, 0.15) is 10.6 Å². The highest BCUT2D eigenvalue weighted by atomic mass is 32.1. The largest absolute Gasteiger partial charge is 0.467 e. The fraction of sp³-hybridized carbons (Fsp3) is 0.294. The molecule has 4 heterocycles. The number of furan rings is 1. The quantitative estimate of drug-likeness (QED) is 0.609. The number of pyridine rings is 1. The maximum Gasteiger partial charge on any atom is 0.166 e. The van der Waals surface area contributed by atoms with Crippen LogP contribution in [0.4, 0.5) is 5.82 Å². The van der Waals surface area contributed by atoms with Crippen molar-refractivity contribution in [3.05, 3.63) is 41.0 Å². The van der Waals surface area contributed by atoms with E-state index in [1.54, 1.807) is 17.6 Å². The molecule has 23 heavy (non-hydrogen) atoms. The fourth-order valence-electron chi connectivity index (χ4n) is 2.94. The van der Waals surface area contributed by atoms with Crippen molar-refractivity contribution in [2.24, 2.45) is 7.05 Å². The van der Waals surface area contributed by atoms with E-state index in [-0.39, 0.29) is 0 Å². The summed E-state index contributed by atoms with van der Waals surface area (Å²) >= 11 is 1.70. The van der Waals surface area contributed by atoms with Crippen molar-refractivity contribution in [1.82, 2.24) is 14.8 Å². The summed E-state index contributed by atoms with van der Waals surface area (Å²) in [5.41, 5.74) is 4.79. The summed E-state index contributed by atoms with van der Waals surface area (Å²) < 4.78 is 8.47. The van der Waals surface area contributed by atoms with Crippen molar-refractivity contribution < 1.29 is 4.42 Å². The Bertz CT molecular complexity index is 1010. The first-order valence-corrected chi connectivity index (χ1v) is 8.37. The molecule has 0 amide bonds. The number of rotatable bonds is 3. The van der Waals surface area contributed by atoms with E-state index in [0.29, 0.717) is 6.54 Å². The molecule has 118 valence electrons. The smallest absolute Gasteiger partial charge is 0.166 e. The maximum absolute atomic E-state index is 5.38. The zero-order valence-corrected chi connectivity index (χ0v) is 14.4. The molecule has 0 unspecified atom stereocenters. The monoisotopic (exact) mass is 326 g/mol. The number of nitrogens with zero attached hydrogens (tertiary/aromatic N) is 3. The molecule has 0 spiro atoms. The summed E-state index contributed by atoms with van der Waals surface area (Å²) in [5, 5.41) is 9.23. The van der Waals surface area contributed by atoms with Gasteiger partial charge in [-0.15, -0.1) is 11.3 Å². The third kappa shape index (κ3) is 2.13. The van der Waals surface area contributed by atoms with Crippen LogP contribution in [-0.2, 0) is 13.6 Å². The Balaban J connectivity index is 1.87. The van der Waals surface area contributed by atoms with Crippen LogP contribution in [0, 0.1) is 20.8 Å². The molecule has 0 bridgehead atoms. The lowest BCUT2D eigenvalue weighted by Crippen LogP contribution is -2.00. The number of nitrogens with one attached hydrogen (secondary N) is 1. The molecule has 0 aromatic carbocycles. The van der Waals surface area contributed by atoms with Gasteiger partial charge in [-0.25, -0.2) is 4.98 Å². The van der Waals surface area contributed by atoms with Crippen LogP contribution < -0.4 is 5.32 Å². The summed E-state index contributed by atoms with van der Waals surface area (Å²) in [6.45, 7) is 6.99. The average molecular weight is 326 g/mol. The first kappa shape index (κ1) is 14.3. The predicted molar refractivity (Wildman–Crippen MR) is 94.1 cm³/mol. The molecule has 4 rings (SSSR count). The minimum absolute atomic E-state index is 0.623. The van der Waals surface area contributed by atoms with Crippen LogP contribution in [0.25, 0.3) is 20.4 Å². The van der Waals surface area contributed by atoms with E-state index in [9.17, 15) is 0 Å². The Morgan fingerprint density at radius 1 is 1.26 bits per heavy atom. The van der Waals surface area contributed by atoms with Gasteiger partial charge in [0, 0.05) is 18.1 Å². The van der Waals surface area contributed by atoms with E-state index < -0.39 is 0 Å². The van der Waals surface area contributed by atoms with Crippen molar-refractivity contribution in [2.75, 3.05) is 5.32 Å². The van der Waals surface area contributed by atoms with Crippen LogP contribution in [0.15, 0.2) is 22.8 Å². The van der Waals surface area contributed by atoms with Crippen molar-refractivity contribution in [3.63, 3.8) is 0 Å². The van der Waals surface area contributed by atoms with Gasteiger partial charge in [-0.05, 0) is 44.0 Å². The molecule has 0 aliphatic carbocycles. The van der Waals surface area contributed by atoms with E-state index >= 15 is 0 Å². The van der Waals surface area contributed by atoms with E-state index in [4.69, 9.17) is 9.40 Å². The van der Waals surface area contributed by atoms with Gasteiger partial charge in [-0.1, -0.05) is 0 Å². The lowest BCUT2D eigenvalue weighted by atomic mass is 10.1. The second-order valence-corrected chi connectivity index (χ2v) is 6.81. The molecule has 0 aliphatic rings. The van der Waals surface area contributed by atoms with Gasteiger partial charge in [-0.3, -0.25) is 4.68 Å². The highest BCUT2D eigenvalue weighted by molar-refractivity contribution is 7.26. The topological polar surface area (TPSA) is 55.9 Å². The Morgan fingerprint density at radius 3 is 2.83 bits per heavy atom. The second-order valence-electron chi connectivity index (χ2n) is 5.81. The summed E-state index contributed by atoms with van der Waals surface area (Å²) in [6.07, 6.45) is 1.68.